The van der Waals surface area contributed by atoms with Gasteiger partial charge in [-0.25, -0.2) is 0 Å². The van der Waals surface area contributed by atoms with E-state index in [1.807, 2.05) is 43.4 Å². The lowest BCUT2D eigenvalue weighted by Gasteiger charge is -2.27. The van der Waals surface area contributed by atoms with Gasteiger partial charge in [-0.15, -0.1) is 0 Å². The second-order valence-electron chi connectivity index (χ2n) is 17.5. The predicted molar refractivity (Wildman–Crippen MR) is 266 cm³/mol. The van der Waals surface area contributed by atoms with Crippen molar-refractivity contribution in [3.05, 3.63) is 147 Å². The molecular weight excluding hydrogens is 887 g/mol. The molecule has 0 fully saturated rings. The number of phenolic OH excluding ortho intramolecular Hbond substituents is 2. The van der Waals surface area contributed by atoms with Crippen molar-refractivity contribution in [1.29, 1.82) is 0 Å². The van der Waals surface area contributed by atoms with Gasteiger partial charge >= 0.3 is 0 Å². The first-order chi connectivity index (χ1) is 32.4. The molecule has 7 rings (SSSR count). The Bertz CT molecular complexity index is 2600. The van der Waals surface area contributed by atoms with Gasteiger partial charge in [0.1, 0.15) is 18.3 Å². The number of rotatable bonds is 19. The summed E-state index contributed by atoms with van der Waals surface area (Å²) < 4.78 is 17.8. The number of benzene rings is 5. The van der Waals surface area contributed by atoms with Gasteiger partial charge in [0.05, 0.1) is 18.8 Å². The Morgan fingerprint density at radius 1 is 0.955 bits per heavy atom. The molecule has 0 radical (unpaired) electrons. The van der Waals surface area contributed by atoms with Gasteiger partial charge in [-0.05, 0) is 114 Å². The molecule has 12 nitrogen and oxygen atoms in total. The molecule has 2 heterocycles. The molecule has 1 aliphatic heterocycles. The number of methoxy groups -OCH3 is 1. The average molecular weight is 949 g/mol. The molecule has 4 atom stereocenters. The first-order valence-electron chi connectivity index (χ1n) is 22.7. The summed E-state index contributed by atoms with van der Waals surface area (Å²) in [4.78, 5) is 19.5. The number of nitrogens with zero attached hydrogens (tertiary/aromatic N) is 1. The minimum Gasteiger partial charge on any atom is -0.670 e. The van der Waals surface area contributed by atoms with Gasteiger partial charge in [0.15, 0.2) is 29.8 Å². The zero-order valence-corrected chi connectivity index (χ0v) is 40.2. The van der Waals surface area contributed by atoms with Crippen molar-refractivity contribution in [1.82, 2.24) is 15.6 Å². The zero-order valence-electron chi connectivity index (χ0n) is 38.6. The monoisotopic (exact) mass is 948 g/mol. The van der Waals surface area contributed by atoms with Gasteiger partial charge in [-0.2, -0.15) is 12.4 Å². The summed E-state index contributed by atoms with van der Waals surface area (Å²) in [6, 6.07) is 26.8. The van der Waals surface area contributed by atoms with Crippen LogP contribution in [0, 0.1) is 5.92 Å². The number of nitrogens with one attached hydrogen (secondary N) is 2. The van der Waals surface area contributed by atoms with E-state index in [1.165, 1.54) is 16.4 Å². The number of aliphatic hydroxyl groups is 3. The normalized spacial score (nSPS) is 16.9. The summed E-state index contributed by atoms with van der Waals surface area (Å²) in [5, 5.41) is 64.0. The largest absolute Gasteiger partial charge is 0.670 e. The number of aromatic nitrogens is 1. The van der Waals surface area contributed by atoms with Crippen LogP contribution in [-0.2, 0) is 49.2 Å². The molecular formula is C53H62N3O9S2-. The Balaban J connectivity index is 1.26. The van der Waals surface area contributed by atoms with Crippen molar-refractivity contribution in [3.8, 4) is 28.7 Å². The number of ketones is 1. The highest BCUT2D eigenvalue weighted by molar-refractivity contribution is 8.76. The summed E-state index contributed by atoms with van der Waals surface area (Å²) in [5.74, 6) is 0.612. The highest BCUT2D eigenvalue weighted by atomic mass is 33.1. The molecule has 0 amide bonds. The lowest BCUT2D eigenvalue weighted by atomic mass is 9.80. The molecule has 1 aromatic heterocycles. The van der Waals surface area contributed by atoms with Crippen LogP contribution in [-0.4, -0.2) is 83.0 Å². The smallest absolute Gasteiger partial charge is 0.186 e. The third-order valence-electron chi connectivity index (χ3n) is 12.6. The van der Waals surface area contributed by atoms with E-state index >= 15 is 4.79 Å². The molecule has 7 N–H and O–H groups in total. The Kier molecular flexibility index (Phi) is 17.2. The van der Waals surface area contributed by atoms with Gasteiger partial charge in [-0.3, -0.25) is 10.1 Å². The van der Waals surface area contributed by atoms with Gasteiger partial charge in [0.2, 0.25) is 0 Å². The number of aliphatic hydroxyl groups excluding tert-OH is 2. The molecule has 356 valence electrons. The Morgan fingerprint density at radius 2 is 1.76 bits per heavy atom. The molecule has 0 saturated carbocycles. The first-order valence-corrected chi connectivity index (χ1v) is 25.2. The van der Waals surface area contributed by atoms with E-state index in [4.69, 9.17) is 14.2 Å². The van der Waals surface area contributed by atoms with Crippen molar-refractivity contribution in [2.24, 2.45) is 5.92 Å². The van der Waals surface area contributed by atoms with E-state index in [2.05, 4.69) is 46.8 Å². The van der Waals surface area contributed by atoms with Crippen molar-refractivity contribution >= 4 is 38.1 Å². The number of Topliss-reactive ketones (excluding diaryl/α,β-unsaturated/α-hetero) is 1. The molecule has 14 heteroatoms. The predicted octanol–water partition coefficient (Wildman–Crippen LogP) is 7.74. The van der Waals surface area contributed by atoms with Crippen LogP contribution in [0.1, 0.15) is 76.3 Å². The van der Waals surface area contributed by atoms with Crippen LogP contribution in [0.3, 0.4) is 0 Å². The number of phenols is 2. The van der Waals surface area contributed by atoms with Crippen LogP contribution in [0.4, 0.5) is 0 Å². The summed E-state index contributed by atoms with van der Waals surface area (Å²) >= 11 is 0. The van der Waals surface area contributed by atoms with Crippen molar-refractivity contribution in [2.75, 3.05) is 40.0 Å². The van der Waals surface area contributed by atoms with Gasteiger partial charge < -0.3 is 50.0 Å². The number of ether oxygens (including phenoxy) is 3. The molecule has 1 aliphatic rings. The van der Waals surface area contributed by atoms with Gasteiger partial charge in [0, 0.05) is 54.5 Å². The lowest BCUT2D eigenvalue weighted by molar-refractivity contribution is -0.123. The standard InChI is InChI=1S/C53H62N3O9S2/c1-5-35-10-11-36-8-6-7-9-42(36)43(35)24-45-37(12-14-47(59)51(45)63-4)21-40(18-33-16-17-55-27-33)48(60)25-49(61)44(39-19-34(26-54-3)20-41(58)22-39)23-38-13-15-50(65-32-57)52-46(38)28-66-67-30-53(2,62)29-56-31-64-52/h6-17,19-20,22,27,40,44,48,54,56-60,62H,5,18,21,23-26,28-32H2,1-4H3/q-1/t40-,44+,48+,53-/m0/s1. The molecule has 5 aromatic carbocycles. The molecule has 0 bridgehead atoms. The Morgan fingerprint density at radius 3 is 2.52 bits per heavy atom. The summed E-state index contributed by atoms with van der Waals surface area (Å²) in [7, 11) is 6.44. The van der Waals surface area contributed by atoms with Crippen molar-refractivity contribution in [3.63, 3.8) is 0 Å². The highest BCUT2D eigenvalue weighted by Crippen LogP contribution is 2.43. The number of fused-ring (bicyclic) bond motifs is 2. The van der Waals surface area contributed by atoms with Crippen molar-refractivity contribution < 1.29 is 44.5 Å². The Hall–Kier alpha value is -5.19. The van der Waals surface area contributed by atoms with Crippen LogP contribution < -0.4 is 29.8 Å². The first kappa shape index (κ1) is 49.7. The molecule has 67 heavy (non-hydrogen) atoms. The third-order valence-corrected chi connectivity index (χ3v) is 15.1. The van der Waals surface area contributed by atoms with E-state index in [0.29, 0.717) is 66.7 Å². The Labute approximate surface area is 400 Å². The fourth-order valence-corrected chi connectivity index (χ4v) is 11.8. The third kappa shape index (κ3) is 12.5. The summed E-state index contributed by atoms with van der Waals surface area (Å²) in [6.07, 6.45) is 4.50. The zero-order chi connectivity index (χ0) is 47.5. The van der Waals surface area contributed by atoms with Crippen molar-refractivity contribution in [2.45, 2.75) is 82.3 Å². The number of carbonyl (C=O) groups is 1. The molecule has 6 aromatic rings. The SMILES string of the molecule is CCc1ccc2ccccc2c1Cc1c(C[C@H](Cc2cc[n-]c2)[C@H](O)CC(=O)[C@H](Cc2ccc(OCO)c3c2CSSC[C@@](C)(O)CNCO3)c2cc(O)cc(CNC)c2)ccc(O)c1OC. The highest BCUT2D eigenvalue weighted by Gasteiger charge is 2.32. The molecule has 0 aliphatic carbocycles. The van der Waals surface area contributed by atoms with E-state index in [1.54, 1.807) is 61.5 Å². The number of aryl methyl sites for hydroxylation is 1. The second kappa shape index (κ2) is 23.2. The summed E-state index contributed by atoms with van der Waals surface area (Å²) in [6.45, 7) is 4.15. The number of hydrogen-bond acceptors (Lipinski definition) is 13. The maximum Gasteiger partial charge on any atom is 0.186 e. The maximum atomic E-state index is 15.2. The van der Waals surface area contributed by atoms with Gasteiger partial charge in [0.25, 0.3) is 0 Å². The fraction of sp³-hybridized carbons (Fsp3) is 0.377. The number of β-amino-alcohol motifs (C(OH)–C–C–N with tert-alkyl or cyclic N) is 1. The summed E-state index contributed by atoms with van der Waals surface area (Å²) in [5.41, 5.74) is 6.94. The average Bonchev–Trinajstić information content (AvgIpc) is 3.82. The quantitative estimate of drug-likeness (QED) is 0.0309. The van der Waals surface area contributed by atoms with E-state index in [0.717, 1.165) is 56.1 Å². The second-order valence-corrected chi connectivity index (χ2v) is 20.0. The molecule has 0 spiro atoms. The minimum absolute atomic E-state index is 0.0216. The maximum absolute atomic E-state index is 15.2. The van der Waals surface area contributed by atoms with Crippen LogP contribution in [0.5, 0.6) is 28.7 Å². The minimum atomic E-state index is -1.11. The van der Waals surface area contributed by atoms with Crippen LogP contribution in [0.15, 0.2) is 97.3 Å². The van der Waals surface area contributed by atoms with E-state index in [-0.39, 0.29) is 36.9 Å². The fourth-order valence-electron chi connectivity index (χ4n) is 9.20. The van der Waals surface area contributed by atoms with E-state index in [9.17, 15) is 25.5 Å². The molecule has 0 unspecified atom stereocenters. The van der Waals surface area contributed by atoms with E-state index < -0.39 is 30.3 Å². The van der Waals surface area contributed by atoms with Gasteiger partial charge in [-0.1, -0.05) is 94.7 Å². The number of carbonyl (C=O) groups excluding carboxylic acids is 1. The lowest BCUT2D eigenvalue weighted by Crippen LogP contribution is -2.41. The van der Waals surface area contributed by atoms with Crippen LogP contribution in [0.2, 0.25) is 0 Å². The number of hydrogen-bond donors (Lipinski definition) is 7. The molecule has 0 saturated heterocycles. The van der Waals surface area contributed by atoms with Crippen LogP contribution in [0.25, 0.3) is 10.8 Å². The topological polar surface area (TPSA) is 184 Å². The number of aromatic hydroxyl groups is 2. The van der Waals surface area contributed by atoms with Crippen LogP contribution >= 0.6 is 21.6 Å².